The molecule has 72 heavy (non-hydrogen) atoms. The van der Waals surface area contributed by atoms with Crippen molar-refractivity contribution in [3.63, 3.8) is 0 Å². The molecule has 5 heterocycles. The summed E-state index contributed by atoms with van der Waals surface area (Å²) < 4.78 is 13.2. The Hall–Kier alpha value is -4.59. The molecule has 1 aromatic rings. The van der Waals surface area contributed by atoms with E-state index in [1.165, 1.54) is 48.8 Å². The fourth-order valence-electron chi connectivity index (χ4n) is 15.1. The third-order valence-corrected chi connectivity index (χ3v) is 19.2. The molecule has 12 heteroatoms. The van der Waals surface area contributed by atoms with Crippen LogP contribution in [-0.2, 0) is 20.7 Å². The average molecular weight is 981 g/mol. The molecule has 0 aromatic heterocycles. The molecule has 2 saturated carbocycles. The van der Waals surface area contributed by atoms with Crippen LogP contribution in [0.25, 0.3) is 0 Å². The molecule has 4 bridgehead atoms. The number of allylic oxidation sites excluding steroid dienone is 8. The lowest BCUT2D eigenvalue weighted by Gasteiger charge is -2.44. The normalized spacial score (nSPS) is 36.7. The summed E-state index contributed by atoms with van der Waals surface area (Å²) in [5.41, 5.74) is 10.0. The van der Waals surface area contributed by atoms with Crippen LogP contribution in [0.5, 0.6) is 0 Å². The SMILES string of the molecule is CN[C@H]1C[C@H]2CC[C@H](C/C(C)=C(\CO)C[C@@]34O[C@@]35C(=O)OC[C@@H]3C[C@@H]6C(=C[C@@H]3NCC3CCCCC3)C=CC[C@@H]6CCCC[C@](C)(CC3=CNC(N)C=C3)Cc3cccc(c3C5=O)C4=O)C3=CCNC(=C32)N1. The van der Waals surface area contributed by atoms with Gasteiger partial charge < -0.3 is 46.9 Å². The van der Waals surface area contributed by atoms with E-state index < -0.39 is 23.0 Å². The van der Waals surface area contributed by atoms with E-state index in [1.807, 2.05) is 38.4 Å². The average Bonchev–Trinajstić information content (AvgIpc) is 4.10. The Balaban J connectivity index is 0.946. The van der Waals surface area contributed by atoms with Gasteiger partial charge in [-0.2, -0.15) is 0 Å². The first-order valence-corrected chi connectivity index (χ1v) is 27.9. The molecule has 3 fully saturated rings. The molecule has 386 valence electrons. The molecular weight excluding hydrogens is 901 g/mol. The van der Waals surface area contributed by atoms with Gasteiger partial charge in [0.15, 0.2) is 11.4 Å². The number of Topliss-reactive ketones (excluding diaryl/α,β-unsaturated/α-hetero) is 2. The van der Waals surface area contributed by atoms with Crippen molar-refractivity contribution in [3.8, 4) is 0 Å². The highest BCUT2D eigenvalue weighted by Gasteiger charge is 2.86. The van der Waals surface area contributed by atoms with Crippen molar-refractivity contribution in [3.05, 3.63) is 117 Å². The molecule has 5 aliphatic heterocycles. The molecule has 1 unspecified atom stereocenters. The van der Waals surface area contributed by atoms with Gasteiger partial charge in [-0.3, -0.25) is 9.59 Å². The second-order valence-electron chi connectivity index (χ2n) is 23.9. The third-order valence-electron chi connectivity index (χ3n) is 19.2. The van der Waals surface area contributed by atoms with Crippen LogP contribution in [0.4, 0.5) is 0 Å². The number of cyclic esters (lactones) is 1. The Labute approximate surface area is 427 Å². The summed E-state index contributed by atoms with van der Waals surface area (Å²) >= 11 is 0. The number of ketones is 2. The number of dihydropyridines is 2. The highest BCUT2D eigenvalue weighted by molar-refractivity contribution is 6.33. The van der Waals surface area contributed by atoms with Crippen molar-refractivity contribution >= 4 is 17.5 Å². The van der Waals surface area contributed by atoms with E-state index in [9.17, 15) is 5.11 Å². The molecule has 1 spiro atoms. The molecule has 5 aliphatic carbocycles. The van der Waals surface area contributed by atoms with Crippen molar-refractivity contribution in [2.24, 2.45) is 46.7 Å². The molecular formula is C60H80N6O6. The zero-order chi connectivity index (χ0) is 49.8. The molecule has 1 saturated heterocycles. The molecule has 8 N–H and O–H groups in total. The van der Waals surface area contributed by atoms with Gasteiger partial charge in [-0.05, 0) is 172 Å². The van der Waals surface area contributed by atoms with Gasteiger partial charge in [-0.15, -0.1) is 0 Å². The van der Waals surface area contributed by atoms with E-state index in [4.69, 9.17) is 15.2 Å². The van der Waals surface area contributed by atoms with E-state index >= 15 is 14.4 Å². The summed E-state index contributed by atoms with van der Waals surface area (Å²) in [4.78, 5) is 46.7. The van der Waals surface area contributed by atoms with Crippen molar-refractivity contribution < 1.29 is 29.0 Å². The van der Waals surface area contributed by atoms with Crippen LogP contribution in [0, 0.1) is 40.9 Å². The predicted octanol–water partition coefficient (Wildman–Crippen LogP) is 8.03. The maximum absolute atomic E-state index is 15.8. The van der Waals surface area contributed by atoms with Gasteiger partial charge in [-0.1, -0.05) is 93.2 Å². The highest BCUT2D eigenvalue weighted by Crippen LogP contribution is 2.61. The van der Waals surface area contributed by atoms with Crippen LogP contribution < -0.4 is 32.3 Å². The number of carbonyl (C=O) groups excluding carboxylic acids is 3. The van der Waals surface area contributed by atoms with Crippen LogP contribution in [-0.4, -0.2) is 85.6 Å². The standard InChI is InChI=1S/C60H80N6O6/c1-36(25-41-19-20-42-28-51(62-3)66-56-53(42)46(41)22-24-63-56)45(34-67)31-59-54(68)47-17-10-16-43-30-58(2,29-38-18-21-50(61)65-33-38)23-8-7-13-39-14-9-15-40-27-49(64-32-37-11-5-4-6-12-37)44(26-48(39)40)35-71-57(70)60(59,72-59)55(69)52(43)47/h9-10,15-18,21-22,27,33,37,39,41-42,44,48-51,62-67H,4-8,11-14,19-20,23-26,28-32,34-35,61H2,1-3H3/b45-36-/t39-,41+,42+,44-,48-,49-,50?,51+,58+,59-,60-/m0/s1. The smallest absolute Gasteiger partial charge is 0.350 e. The van der Waals surface area contributed by atoms with Crippen molar-refractivity contribution in [2.75, 3.05) is 33.4 Å². The zero-order valence-electron chi connectivity index (χ0n) is 43.1. The molecule has 1 aromatic carbocycles. The number of epoxide rings is 1. The number of esters is 1. The second-order valence-corrected chi connectivity index (χ2v) is 23.9. The Morgan fingerprint density at radius 1 is 0.986 bits per heavy atom. The van der Waals surface area contributed by atoms with Gasteiger partial charge in [0, 0.05) is 42.3 Å². The lowest BCUT2D eigenvalue weighted by atomic mass is 9.67. The summed E-state index contributed by atoms with van der Waals surface area (Å²) in [7, 11) is 2.00. The highest BCUT2D eigenvalue weighted by atomic mass is 16.7. The first-order chi connectivity index (χ1) is 34.9. The number of hydrogen-bond acceptors (Lipinski definition) is 12. The zero-order valence-corrected chi connectivity index (χ0v) is 43.1. The monoisotopic (exact) mass is 981 g/mol. The number of nitrogens with one attached hydrogen (secondary N) is 5. The molecule has 11 atom stereocenters. The number of aliphatic hydroxyl groups is 1. The van der Waals surface area contributed by atoms with Gasteiger partial charge >= 0.3 is 5.97 Å². The topological polar surface area (TPSA) is 179 Å². The molecule has 10 aliphatic rings. The molecule has 11 rings (SSSR count). The lowest BCUT2D eigenvalue weighted by molar-refractivity contribution is -0.150. The van der Waals surface area contributed by atoms with Crippen LogP contribution in [0.15, 0.2) is 100 Å². The number of ether oxygens (including phenoxy) is 2. The maximum atomic E-state index is 15.8. The van der Waals surface area contributed by atoms with Gasteiger partial charge in [0.2, 0.25) is 5.78 Å². The number of carbonyl (C=O) groups is 3. The summed E-state index contributed by atoms with van der Waals surface area (Å²) in [5.74, 6) is 1.56. The van der Waals surface area contributed by atoms with Crippen LogP contribution >= 0.6 is 0 Å². The summed E-state index contributed by atoms with van der Waals surface area (Å²) in [5, 5.41) is 29.2. The first-order valence-electron chi connectivity index (χ1n) is 27.9. The Kier molecular flexibility index (Phi) is 14.0. The van der Waals surface area contributed by atoms with Crippen LogP contribution in [0.1, 0.15) is 149 Å². The molecule has 0 amide bonds. The van der Waals surface area contributed by atoms with Crippen LogP contribution in [0.2, 0.25) is 0 Å². The maximum Gasteiger partial charge on any atom is 0.350 e. The van der Waals surface area contributed by atoms with Gasteiger partial charge in [-0.25, -0.2) is 4.79 Å². The van der Waals surface area contributed by atoms with E-state index in [1.54, 1.807) is 6.07 Å². The lowest BCUT2D eigenvalue weighted by Crippen LogP contribution is -2.52. The van der Waals surface area contributed by atoms with Gasteiger partial charge in [0.25, 0.3) is 5.60 Å². The summed E-state index contributed by atoms with van der Waals surface area (Å²) in [6.45, 7) is 5.79. The first kappa shape index (κ1) is 49.6. The number of hydrogen-bond donors (Lipinski definition) is 7. The summed E-state index contributed by atoms with van der Waals surface area (Å²) in [6.07, 6.45) is 32.8. The van der Waals surface area contributed by atoms with E-state index in [0.29, 0.717) is 42.1 Å². The number of rotatable bonds is 11. The molecule has 0 radical (unpaired) electrons. The number of fused-ring (bicyclic) bond motifs is 1. The van der Waals surface area contributed by atoms with E-state index in [2.05, 4.69) is 63.9 Å². The predicted molar refractivity (Wildman–Crippen MR) is 280 cm³/mol. The quantitative estimate of drug-likeness (QED) is 0.0492. The second kappa shape index (κ2) is 20.3. The number of nitrogens with two attached hydrogens (primary N) is 1. The Morgan fingerprint density at radius 2 is 1.83 bits per heavy atom. The minimum absolute atomic E-state index is 0.000389. The summed E-state index contributed by atoms with van der Waals surface area (Å²) in [6, 6.07) is 5.58. The van der Waals surface area contributed by atoms with Gasteiger partial charge in [0.1, 0.15) is 5.82 Å². The Morgan fingerprint density at radius 3 is 2.64 bits per heavy atom. The minimum Gasteiger partial charge on any atom is -0.463 e. The minimum atomic E-state index is -2.17. The van der Waals surface area contributed by atoms with Crippen LogP contribution in [0.3, 0.4) is 0 Å². The van der Waals surface area contributed by atoms with Crippen molar-refractivity contribution in [2.45, 2.75) is 159 Å². The molecule has 12 nitrogen and oxygen atoms in total. The Bertz CT molecular complexity index is 2550. The number of aliphatic hydroxyl groups excluding tert-OH is 1. The fraction of sp³-hybridized carbons (Fsp3) is 0.617. The third kappa shape index (κ3) is 9.13. The van der Waals surface area contributed by atoms with Gasteiger partial charge in [0.05, 0.1) is 25.5 Å². The van der Waals surface area contributed by atoms with Crippen molar-refractivity contribution in [1.82, 2.24) is 26.6 Å². The number of benzene rings is 1. The van der Waals surface area contributed by atoms with E-state index in [-0.39, 0.29) is 72.2 Å². The fourth-order valence-corrected chi connectivity index (χ4v) is 15.1. The van der Waals surface area contributed by atoms with Crippen molar-refractivity contribution in [1.29, 1.82) is 0 Å². The van der Waals surface area contributed by atoms with E-state index in [0.717, 1.165) is 99.8 Å². The largest absolute Gasteiger partial charge is 0.463 e.